The van der Waals surface area contributed by atoms with E-state index in [1.165, 1.54) is 23.1 Å². The van der Waals surface area contributed by atoms with Crippen molar-refractivity contribution < 1.29 is 4.74 Å². The fourth-order valence-electron chi connectivity index (χ4n) is 3.77. The van der Waals surface area contributed by atoms with Crippen LogP contribution >= 0.6 is 11.3 Å². The van der Waals surface area contributed by atoms with Gasteiger partial charge in [-0.1, -0.05) is 24.3 Å². The van der Waals surface area contributed by atoms with Crippen molar-refractivity contribution in [2.75, 3.05) is 20.1 Å². The lowest BCUT2D eigenvalue weighted by Crippen LogP contribution is -2.42. The van der Waals surface area contributed by atoms with Gasteiger partial charge >= 0.3 is 0 Å². The maximum absolute atomic E-state index is 5.95. The molecule has 2 aromatic carbocycles. The molecular weight excluding hydrogens is 366 g/mol. The molecule has 3 aromatic rings. The van der Waals surface area contributed by atoms with Gasteiger partial charge in [-0.05, 0) is 76.7 Å². The Morgan fingerprint density at radius 1 is 1.11 bits per heavy atom. The molecule has 1 aliphatic heterocycles. The van der Waals surface area contributed by atoms with E-state index in [-0.39, 0.29) is 12.1 Å². The van der Waals surface area contributed by atoms with Crippen molar-refractivity contribution in [3.8, 4) is 5.75 Å². The van der Waals surface area contributed by atoms with E-state index in [4.69, 9.17) is 9.72 Å². The standard InChI is InChI=1S/C23H29N3OS/c1-16(2)27-19-8-6-7-17(15-19)22(24-18-11-13-26(3)14-12-18)23-25-20-9-4-5-10-21(20)28-23/h4-10,15-16,18,22,24H,11-14H2,1-3H3. The van der Waals surface area contributed by atoms with E-state index in [1.54, 1.807) is 11.3 Å². The molecule has 1 N–H and O–H groups in total. The quantitative estimate of drug-likeness (QED) is 0.647. The van der Waals surface area contributed by atoms with Crippen LogP contribution in [0.2, 0.25) is 0 Å². The predicted molar refractivity (Wildman–Crippen MR) is 117 cm³/mol. The first-order valence-corrected chi connectivity index (χ1v) is 11.0. The lowest BCUT2D eigenvalue weighted by Gasteiger charge is -2.32. The lowest BCUT2D eigenvalue weighted by atomic mass is 10.0. The minimum Gasteiger partial charge on any atom is -0.491 e. The molecule has 0 spiro atoms. The van der Waals surface area contributed by atoms with E-state index in [1.807, 2.05) is 6.07 Å². The van der Waals surface area contributed by atoms with Gasteiger partial charge in [0.15, 0.2) is 0 Å². The summed E-state index contributed by atoms with van der Waals surface area (Å²) < 4.78 is 7.19. The van der Waals surface area contributed by atoms with Crippen molar-refractivity contribution in [2.45, 2.75) is 44.9 Å². The second-order valence-electron chi connectivity index (χ2n) is 7.94. The summed E-state index contributed by atoms with van der Waals surface area (Å²) in [5.41, 5.74) is 2.29. The Morgan fingerprint density at radius 2 is 1.89 bits per heavy atom. The Morgan fingerprint density at radius 3 is 2.64 bits per heavy atom. The number of para-hydroxylation sites is 1. The molecule has 1 unspecified atom stereocenters. The number of aromatic nitrogens is 1. The van der Waals surface area contributed by atoms with E-state index in [0.717, 1.165) is 29.4 Å². The zero-order chi connectivity index (χ0) is 19.5. The monoisotopic (exact) mass is 395 g/mol. The van der Waals surface area contributed by atoms with Gasteiger partial charge in [0.25, 0.3) is 0 Å². The molecule has 1 saturated heterocycles. The van der Waals surface area contributed by atoms with Gasteiger partial charge in [-0.2, -0.15) is 0 Å². The number of hydrogen-bond acceptors (Lipinski definition) is 5. The van der Waals surface area contributed by atoms with Crippen molar-refractivity contribution in [1.82, 2.24) is 15.2 Å². The van der Waals surface area contributed by atoms with Crippen molar-refractivity contribution in [3.63, 3.8) is 0 Å². The molecule has 5 heteroatoms. The van der Waals surface area contributed by atoms with E-state index in [2.05, 4.69) is 73.6 Å². The number of piperidine rings is 1. The van der Waals surface area contributed by atoms with Gasteiger partial charge in [-0.25, -0.2) is 4.98 Å². The minimum absolute atomic E-state index is 0.0847. The first-order chi connectivity index (χ1) is 13.6. The number of likely N-dealkylation sites (tertiary alicyclic amines) is 1. The van der Waals surface area contributed by atoms with Gasteiger partial charge in [-0.15, -0.1) is 11.3 Å². The summed E-state index contributed by atoms with van der Waals surface area (Å²) in [5.74, 6) is 0.920. The van der Waals surface area contributed by atoms with Crippen LogP contribution in [-0.4, -0.2) is 42.2 Å². The molecule has 2 heterocycles. The first kappa shape index (κ1) is 19.4. The lowest BCUT2D eigenvalue weighted by molar-refractivity contribution is 0.228. The number of fused-ring (bicyclic) bond motifs is 1. The topological polar surface area (TPSA) is 37.4 Å². The molecule has 4 nitrogen and oxygen atoms in total. The highest BCUT2D eigenvalue weighted by Crippen LogP contribution is 2.32. The van der Waals surface area contributed by atoms with E-state index >= 15 is 0 Å². The molecular formula is C23H29N3OS. The average molecular weight is 396 g/mol. The molecule has 4 rings (SSSR count). The van der Waals surface area contributed by atoms with Crippen molar-refractivity contribution in [3.05, 3.63) is 59.1 Å². The molecule has 1 fully saturated rings. The zero-order valence-electron chi connectivity index (χ0n) is 16.9. The number of benzene rings is 2. The molecule has 0 bridgehead atoms. The van der Waals surface area contributed by atoms with Crippen molar-refractivity contribution in [1.29, 1.82) is 0 Å². The van der Waals surface area contributed by atoms with Gasteiger partial charge < -0.3 is 15.0 Å². The normalized spacial score (nSPS) is 17.3. The third kappa shape index (κ3) is 4.54. The Hall–Kier alpha value is -1.95. The Bertz CT molecular complexity index is 882. The van der Waals surface area contributed by atoms with E-state index < -0.39 is 0 Å². The fraction of sp³-hybridized carbons (Fsp3) is 0.435. The highest BCUT2D eigenvalue weighted by molar-refractivity contribution is 7.18. The van der Waals surface area contributed by atoms with Crippen LogP contribution in [0.15, 0.2) is 48.5 Å². The van der Waals surface area contributed by atoms with Crippen LogP contribution < -0.4 is 10.1 Å². The van der Waals surface area contributed by atoms with Gasteiger partial charge in [0, 0.05) is 6.04 Å². The third-order valence-electron chi connectivity index (χ3n) is 5.24. The Kier molecular flexibility index (Phi) is 5.95. The predicted octanol–water partition coefficient (Wildman–Crippen LogP) is 4.86. The van der Waals surface area contributed by atoms with E-state index in [9.17, 15) is 0 Å². The minimum atomic E-state index is 0.0847. The summed E-state index contributed by atoms with van der Waals surface area (Å²) in [6.45, 7) is 6.41. The molecule has 1 atom stereocenters. The molecule has 148 valence electrons. The van der Waals surface area contributed by atoms with Gasteiger partial charge in [0.1, 0.15) is 10.8 Å². The van der Waals surface area contributed by atoms with Crippen molar-refractivity contribution in [2.24, 2.45) is 0 Å². The summed E-state index contributed by atoms with van der Waals surface area (Å²) in [7, 11) is 2.20. The average Bonchev–Trinajstić information content (AvgIpc) is 3.11. The number of rotatable bonds is 6. The first-order valence-electron chi connectivity index (χ1n) is 10.1. The molecule has 0 amide bonds. The van der Waals surface area contributed by atoms with Crippen LogP contribution in [0.3, 0.4) is 0 Å². The molecule has 0 aliphatic carbocycles. The number of hydrogen-bond donors (Lipinski definition) is 1. The zero-order valence-corrected chi connectivity index (χ0v) is 17.7. The summed E-state index contributed by atoms with van der Waals surface area (Å²) >= 11 is 1.78. The van der Waals surface area contributed by atoms with E-state index in [0.29, 0.717) is 6.04 Å². The summed E-state index contributed by atoms with van der Waals surface area (Å²) in [6, 6.07) is 17.5. The van der Waals surface area contributed by atoms with Crippen LogP contribution in [0.5, 0.6) is 5.75 Å². The van der Waals surface area contributed by atoms with Crippen LogP contribution in [0, 0.1) is 0 Å². The molecule has 0 radical (unpaired) electrons. The second-order valence-corrected chi connectivity index (χ2v) is 9.00. The third-order valence-corrected chi connectivity index (χ3v) is 6.34. The summed E-state index contributed by atoms with van der Waals surface area (Å²) in [4.78, 5) is 7.37. The van der Waals surface area contributed by atoms with Crippen LogP contribution in [0.4, 0.5) is 0 Å². The highest BCUT2D eigenvalue weighted by atomic mass is 32.1. The molecule has 28 heavy (non-hydrogen) atoms. The Balaban J connectivity index is 1.66. The number of nitrogens with zero attached hydrogens (tertiary/aromatic N) is 2. The smallest absolute Gasteiger partial charge is 0.120 e. The Labute approximate surface area is 171 Å². The number of nitrogens with one attached hydrogen (secondary N) is 1. The molecule has 1 aliphatic rings. The fourth-order valence-corrected chi connectivity index (χ4v) is 4.83. The summed E-state index contributed by atoms with van der Waals surface area (Å²) in [6.07, 6.45) is 2.50. The van der Waals surface area contributed by atoms with Gasteiger partial charge in [-0.3, -0.25) is 0 Å². The van der Waals surface area contributed by atoms with Crippen molar-refractivity contribution >= 4 is 21.6 Å². The highest BCUT2D eigenvalue weighted by Gasteiger charge is 2.25. The molecule has 1 aromatic heterocycles. The van der Waals surface area contributed by atoms with Crippen LogP contribution in [0.1, 0.15) is 43.3 Å². The summed E-state index contributed by atoms with van der Waals surface area (Å²) in [5, 5.41) is 5.04. The van der Waals surface area contributed by atoms with Gasteiger partial charge in [0.2, 0.25) is 0 Å². The maximum Gasteiger partial charge on any atom is 0.120 e. The largest absolute Gasteiger partial charge is 0.491 e. The van der Waals surface area contributed by atoms with Gasteiger partial charge in [0.05, 0.1) is 22.4 Å². The molecule has 0 saturated carbocycles. The SMILES string of the molecule is CC(C)Oc1cccc(C(NC2CCN(C)CC2)c2nc3ccccc3s2)c1. The number of thiazole rings is 1. The second kappa shape index (κ2) is 8.60. The van der Waals surface area contributed by atoms with Crippen LogP contribution in [0.25, 0.3) is 10.2 Å². The number of ether oxygens (including phenoxy) is 1. The van der Waals surface area contributed by atoms with Crippen LogP contribution in [-0.2, 0) is 0 Å². The maximum atomic E-state index is 5.95.